The third-order valence-electron chi connectivity index (χ3n) is 2.70. The summed E-state index contributed by atoms with van der Waals surface area (Å²) in [7, 11) is 0. The van der Waals surface area contributed by atoms with E-state index in [2.05, 4.69) is 29.4 Å². The van der Waals surface area contributed by atoms with Gasteiger partial charge in [0.05, 0.1) is 0 Å². The lowest BCUT2D eigenvalue weighted by Gasteiger charge is -2.13. The van der Waals surface area contributed by atoms with E-state index >= 15 is 0 Å². The van der Waals surface area contributed by atoms with Gasteiger partial charge in [-0.15, -0.1) is 0 Å². The molecule has 0 aliphatic carbocycles. The Morgan fingerprint density at radius 3 is 2.85 bits per heavy atom. The van der Waals surface area contributed by atoms with Crippen LogP contribution in [0.5, 0.6) is 0 Å². The van der Waals surface area contributed by atoms with Crippen LogP contribution in [0.1, 0.15) is 35.8 Å². The summed E-state index contributed by atoms with van der Waals surface area (Å²) in [5.41, 5.74) is 3.67. The predicted molar refractivity (Wildman–Crippen MR) is 53.7 cm³/mol. The molecule has 1 aliphatic heterocycles. The second-order valence-corrected chi connectivity index (χ2v) is 3.78. The van der Waals surface area contributed by atoms with Gasteiger partial charge in [0.15, 0.2) is 0 Å². The quantitative estimate of drug-likeness (QED) is 0.709. The van der Waals surface area contributed by atoms with Gasteiger partial charge in [-0.25, -0.2) is 0 Å². The Kier molecular flexibility index (Phi) is 2.32. The highest BCUT2D eigenvalue weighted by atomic mass is 14.9. The van der Waals surface area contributed by atoms with Crippen molar-refractivity contribution in [2.45, 2.75) is 32.7 Å². The molecule has 2 rings (SSSR count). The molecule has 0 radical (unpaired) electrons. The second kappa shape index (κ2) is 3.46. The first kappa shape index (κ1) is 8.70. The fraction of sp³-hybridized carbons (Fsp3) is 0.545. The highest BCUT2D eigenvalue weighted by Crippen LogP contribution is 2.24. The molecule has 70 valence electrons. The van der Waals surface area contributed by atoms with E-state index in [-0.39, 0.29) is 0 Å². The average molecular weight is 176 g/mol. The van der Waals surface area contributed by atoms with E-state index in [9.17, 15) is 0 Å². The monoisotopic (exact) mass is 176 g/mol. The molecule has 2 heteroatoms. The number of nitrogens with zero attached hydrogens (tertiary/aromatic N) is 1. The minimum absolute atomic E-state index is 0.549. The van der Waals surface area contributed by atoms with Crippen molar-refractivity contribution >= 4 is 0 Å². The Hall–Kier alpha value is -0.890. The normalized spacial score (nSPS) is 22.2. The smallest absolute Gasteiger partial charge is 0.0423 e. The molecule has 1 aliphatic rings. The summed E-state index contributed by atoms with van der Waals surface area (Å²) in [5.74, 6) is 0. The van der Waals surface area contributed by atoms with Gasteiger partial charge in [0.2, 0.25) is 0 Å². The van der Waals surface area contributed by atoms with Crippen LogP contribution in [0.3, 0.4) is 0 Å². The minimum Gasteiger partial charge on any atom is -0.310 e. The van der Waals surface area contributed by atoms with Crippen LogP contribution in [-0.4, -0.2) is 11.5 Å². The van der Waals surface area contributed by atoms with Gasteiger partial charge in [0.1, 0.15) is 0 Å². The Morgan fingerprint density at radius 2 is 2.23 bits per heavy atom. The van der Waals surface area contributed by atoms with Crippen molar-refractivity contribution in [3.05, 3.63) is 29.1 Å². The molecule has 13 heavy (non-hydrogen) atoms. The van der Waals surface area contributed by atoms with Crippen molar-refractivity contribution in [3.63, 3.8) is 0 Å². The fourth-order valence-corrected chi connectivity index (χ4v) is 2.02. The molecule has 0 spiro atoms. The van der Waals surface area contributed by atoms with Crippen LogP contribution in [0, 0.1) is 13.8 Å². The van der Waals surface area contributed by atoms with Crippen LogP contribution in [0.2, 0.25) is 0 Å². The third-order valence-corrected chi connectivity index (χ3v) is 2.70. The SMILES string of the molecule is Cc1ccc(C2CCCN2)c(C)n1. The first-order chi connectivity index (χ1) is 6.27. The molecule has 1 N–H and O–H groups in total. The van der Waals surface area contributed by atoms with E-state index in [0.29, 0.717) is 6.04 Å². The molecule has 1 aromatic rings. The summed E-state index contributed by atoms with van der Waals surface area (Å²) in [6.07, 6.45) is 2.55. The zero-order valence-electron chi connectivity index (χ0n) is 8.30. The molecule has 2 nitrogen and oxygen atoms in total. The van der Waals surface area contributed by atoms with E-state index < -0.39 is 0 Å². The van der Waals surface area contributed by atoms with Gasteiger partial charge >= 0.3 is 0 Å². The second-order valence-electron chi connectivity index (χ2n) is 3.78. The highest BCUT2D eigenvalue weighted by molar-refractivity contribution is 5.25. The maximum absolute atomic E-state index is 4.48. The lowest BCUT2D eigenvalue weighted by molar-refractivity contribution is 0.639. The van der Waals surface area contributed by atoms with Gasteiger partial charge in [0.25, 0.3) is 0 Å². The van der Waals surface area contributed by atoms with E-state index in [1.165, 1.54) is 24.1 Å². The topological polar surface area (TPSA) is 24.9 Å². The Labute approximate surface area is 79.4 Å². The standard InChI is InChI=1S/C11H16N2/c1-8-5-6-10(9(2)13-8)11-4-3-7-12-11/h5-6,11-12H,3-4,7H2,1-2H3. The summed E-state index contributed by atoms with van der Waals surface area (Å²) in [4.78, 5) is 4.48. The number of rotatable bonds is 1. The van der Waals surface area contributed by atoms with Crippen molar-refractivity contribution in [1.29, 1.82) is 0 Å². The molecule has 0 aromatic carbocycles. The third kappa shape index (κ3) is 1.73. The van der Waals surface area contributed by atoms with Crippen LogP contribution in [0.15, 0.2) is 12.1 Å². The molecule has 1 unspecified atom stereocenters. The van der Waals surface area contributed by atoms with Gasteiger partial charge in [-0.3, -0.25) is 4.98 Å². The number of nitrogens with one attached hydrogen (secondary N) is 1. The van der Waals surface area contributed by atoms with Crippen molar-refractivity contribution in [2.75, 3.05) is 6.54 Å². The highest BCUT2D eigenvalue weighted by Gasteiger charge is 2.17. The van der Waals surface area contributed by atoms with Crippen LogP contribution < -0.4 is 5.32 Å². The van der Waals surface area contributed by atoms with Gasteiger partial charge in [-0.2, -0.15) is 0 Å². The number of aromatic nitrogens is 1. The molecular weight excluding hydrogens is 160 g/mol. The summed E-state index contributed by atoms with van der Waals surface area (Å²) < 4.78 is 0. The molecule has 1 aromatic heterocycles. The van der Waals surface area contributed by atoms with Crippen LogP contribution in [0.4, 0.5) is 0 Å². The van der Waals surface area contributed by atoms with Crippen LogP contribution >= 0.6 is 0 Å². The number of pyridine rings is 1. The zero-order chi connectivity index (χ0) is 9.26. The molecule has 1 atom stereocenters. The van der Waals surface area contributed by atoms with Gasteiger partial charge in [-0.05, 0) is 44.9 Å². The summed E-state index contributed by atoms with van der Waals surface area (Å²) in [6.45, 7) is 5.29. The first-order valence-electron chi connectivity index (χ1n) is 4.95. The van der Waals surface area contributed by atoms with E-state index in [1.807, 2.05) is 6.92 Å². The van der Waals surface area contributed by atoms with Crippen LogP contribution in [-0.2, 0) is 0 Å². The lowest BCUT2D eigenvalue weighted by atomic mass is 10.0. The molecular formula is C11H16N2. The van der Waals surface area contributed by atoms with Crippen molar-refractivity contribution in [3.8, 4) is 0 Å². The molecule has 1 saturated heterocycles. The molecule has 0 saturated carbocycles. The number of hydrogen-bond donors (Lipinski definition) is 1. The Balaban J connectivity index is 2.29. The molecule has 1 fully saturated rings. The fourth-order valence-electron chi connectivity index (χ4n) is 2.02. The predicted octanol–water partition coefficient (Wildman–Crippen LogP) is 2.12. The largest absolute Gasteiger partial charge is 0.310 e. The van der Waals surface area contributed by atoms with Gasteiger partial charge in [0, 0.05) is 17.4 Å². The first-order valence-corrected chi connectivity index (χ1v) is 4.95. The van der Waals surface area contributed by atoms with Gasteiger partial charge < -0.3 is 5.32 Å². The summed E-state index contributed by atoms with van der Waals surface area (Å²) >= 11 is 0. The summed E-state index contributed by atoms with van der Waals surface area (Å²) in [5, 5.41) is 3.49. The molecule has 0 bridgehead atoms. The lowest BCUT2D eigenvalue weighted by Crippen LogP contribution is -2.14. The molecule has 2 heterocycles. The van der Waals surface area contributed by atoms with Crippen LogP contribution in [0.25, 0.3) is 0 Å². The van der Waals surface area contributed by atoms with Gasteiger partial charge in [-0.1, -0.05) is 6.07 Å². The number of aryl methyl sites for hydroxylation is 2. The maximum Gasteiger partial charge on any atom is 0.0423 e. The van der Waals surface area contributed by atoms with E-state index in [4.69, 9.17) is 0 Å². The average Bonchev–Trinajstić information content (AvgIpc) is 2.56. The van der Waals surface area contributed by atoms with E-state index in [0.717, 1.165) is 12.2 Å². The van der Waals surface area contributed by atoms with E-state index in [1.54, 1.807) is 0 Å². The zero-order valence-corrected chi connectivity index (χ0v) is 8.30. The maximum atomic E-state index is 4.48. The summed E-state index contributed by atoms with van der Waals surface area (Å²) in [6, 6.07) is 4.86. The Morgan fingerprint density at radius 1 is 1.38 bits per heavy atom. The van der Waals surface area contributed by atoms with Crippen molar-refractivity contribution in [2.24, 2.45) is 0 Å². The number of hydrogen-bond acceptors (Lipinski definition) is 2. The Bertz CT molecular complexity index is 301. The van der Waals surface area contributed by atoms with Crippen molar-refractivity contribution < 1.29 is 0 Å². The minimum atomic E-state index is 0.549. The molecule has 0 amide bonds. The van der Waals surface area contributed by atoms with Crippen molar-refractivity contribution in [1.82, 2.24) is 10.3 Å².